The van der Waals surface area contributed by atoms with Crippen molar-refractivity contribution in [3.8, 4) is 22.6 Å². The molecule has 1 aliphatic carbocycles. The number of nitrogens with two attached hydrogens (primary N) is 1. The molecular weight excluding hydrogens is 584 g/mol. The molecule has 8 heteroatoms. The Morgan fingerprint density at radius 1 is 0.761 bits per heavy atom. The van der Waals surface area contributed by atoms with Crippen molar-refractivity contribution < 1.29 is 23.1 Å². The summed E-state index contributed by atoms with van der Waals surface area (Å²) in [6, 6.07) is 32.8. The van der Waals surface area contributed by atoms with Gasteiger partial charge in [-0.25, -0.2) is 8.78 Å². The number of carbonyl (C=O) groups excluding carboxylic acids is 2. The molecule has 0 radical (unpaired) electrons. The second-order valence-corrected chi connectivity index (χ2v) is 11.2. The number of ether oxygens (including phenoxy) is 1. The highest BCUT2D eigenvalue weighted by Gasteiger charge is 2.24. The Bertz CT molecular complexity index is 1890. The molecule has 0 heterocycles. The number of anilines is 1. The molecule has 6 rings (SSSR count). The van der Waals surface area contributed by atoms with Crippen LogP contribution in [0.2, 0.25) is 0 Å². The van der Waals surface area contributed by atoms with Gasteiger partial charge < -0.3 is 20.7 Å². The number of benzene rings is 5. The van der Waals surface area contributed by atoms with Gasteiger partial charge in [0.15, 0.2) is 5.75 Å². The fourth-order valence-corrected chi connectivity index (χ4v) is 5.75. The number of nitrogens with one attached hydrogen (secondary N) is 1. The number of para-hydroxylation sites is 2. The summed E-state index contributed by atoms with van der Waals surface area (Å²) in [5.41, 5.74) is 12.8. The lowest BCUT2D eigenvalue weighted by Crippen LogP contribution is -2.32. The Morgan fingerprint density at radius 2 is 1.50 bits per heavy atom. The quantitative estimate of drug-likeness (QED) is 0.159. The van der Waals surface area contributed by atoms with Crippen molar-refractivity contribution >= 4 is 17.5 Å². The first-order valence-electron chi connectivity index (χ1n) is 15.2. The zero-order valence-corrected chi connectivity index (χ0v) is 25.1. The van der Waals surface area contributed by atoms with Gasteiger partial charge in [0, 0.05) is 31.5 Å². The third-order valence-electron chi connectivity index (χ3n) is 8.11. The van der Waals surface area contributed by atoms with E-state index < -0.39 is 17.5 Å². The second kappa shape index (κ2) is 13.7. The summed E-state index contributed by atoms with van der Waals surface area (Å²) in [4.78, 5) is 28.2. The molecule has 0 fully saturated rings. The average Bonchev–Trinajstić information content (AvgIpc) is 3.44. The van der Waals surface area contributed by atoms with Crippen LogP contribution >= 0.6 is 0 Å². The Labute approximate surface area is 266 Å². The Kier molecular flexibility index (Phi) is 9.17. The fourth-order valence-electron chi connectivity index (χ4n) is 5.75. The third kappa shape index (κ3) is 6.82. The van der Waals surface area contributed by atoms with Crippen molar-refractivity contribution in [3.63, 3.8) is 0 Å². The topological polar surface area (TPSA) is 84.7 Å². The molecule has 0 saturated heterocycles. The number of fused-ring (bicyclic) bond motifs is 3. The Morgan fingerprint density at radius 3 is 2.33 bits per heavy atom. The van der Waals surface area contributed by atoms with Crippen LogP contribution in [0, 0.1) is 11.6 Å². The maximum atomic E-state index is 14.0. The fraction of sp³-hybridized carbons (Fsp3) is 0.158. The molecule has 2 amide bonds. The zero-order valence-electron chi connectivity index (χ0n) is 25.1. The predicted molar refractivity (Wildman–Crippen MR) is 174 cm³/mol. The molecule has 5 aromatic carbocycles. The van der Waals surface area contributed by atoms with Crippen LogP contribution in [0.15, 0.2) is 109 Å². The molecule has 232 valence electrons. The van der Waals surface area contributed by atoms with E-state index in [1.54, 1.807) is 11.0 Å². The second-order valence-electron chi connectivity index (χ2n) is 11.2. The van der Waals surface area contributed by atoms with Crippen molar-refractivity contribution in [2.45, 2.75) is 38.9 Å². The van der Waals surface area contributed by atoms with Gasteiger partial charge in [-0.1, -0.05) is 72.8 Å². The van der Waals surface area contributed by atoms with Gasteiger partial charge in [0.25, 0.3) is 0 Å². The summed E-state index contributed by atoms with van der Waals surface area (Å²) in [6.07, 6.45) is 0.526. The lowest BCUT2D eigenvalue weighted by atomic mass is 10.0. The van der Waals surface area contributed by atoms with Gasteiger partial charge >= 0.3 is 0 Å². The molecule has 3 N–H and O–H groups in total. The van der Waals surface area contributed by atoms with Crippen LogP contribution in [-0.4, -0.2) is 11.8 Å². The molecule has 0 aliphatic heterocycles. The molecular formula is C38H33F2N3O3. The van der Waals surface area contributed by atoms with Crippen LogP contribution in [0.25, 0.3) is 11.1 Å². The minimum absolute atomic E-state index is 0.126. The van der Waals surface area contributed by atoms with Gasteiger partial charge in [-0.2, -0.15) is 0 Å². The Hall–Kier alpha value is -5.34. The summed E-state index contributed by atoms with van der Waals surface area (Å²) in [5, 5.41) is 2.53. The highest BCUT2D eigenvalue weighted by Crippen LogP contribution is 2.38. The van der Waals surface area contributed by atoms with E-state index in [9.17, 15) is 18.4 Å². The van der Waals surface area contributed by atoms with Crippen molar-refractivity contribution in [2.75, 3.05) is 4.90 Å². The van der Waals surface area contributed by atoms with E-state index >= 15 is 0 Å². The van der Waals surface area contributed by atoms with E-state index in [0.29, 0.717) is 23.7 Å². The largest absolute Gasteiger partial charge is 0.455 e. The maximum Gasteiger partial charge on any atom is 0.227 e. The zero-order chi connectivity index (χ0) is 32.0. The minimum atomic E-state index is -0.742. The van der Waals surface area contributed by atoms with Crippen molar-refractivity contribution in [3.05, 3.63) is 149 Å². The van der Waals surface area contributed by atoms with Crippen molar-refractivity contribution in [2.24, 2.45) is 5.73 Å². The number of halogens is 2. The van der Waals surface area contributed by atoms with Gasteiger partial charge in [0.05, 0.1) is 12.2 Å². The first-order chi connectivity index (χ1) is 22.4. The van der Waals surface area contributed by atoms with Gasteiger partial charge in [-0.3, -0.25) is 9.59 Å². The summed E-state index contributed by atoms with van der Waals surface area (Å²) < 4.78 is 34.4. The normalized spacial score (nSPS) is 11.5. The lowest BCUT2D eigenvalue weighted by Gasteiger charge is -2.26. The number of amides is 2. The monoisotopic (exact) mass is 617 g/mol. The SMILES string of the molecule is NCc1cccc(Oc2ccccc2N(Cc2ccc3c(c2)Cc2ccccc2-3)C(=O)CCC(=O)NCc2c(F)cccc2F)c1. The Balaban J connectivity index is 1.24. The van der Waals surface area contributed by atoms with Crippen LogP contribution in [0.1, 0.15) is 40.7 Å². The van der Waals surface area contributed by atoms with Crippen LogP contribution in [0.4, 0.5) is 14.5 Å². The number of carbonyl (C=O) groups is 2. The molecule has 46 heavy (non-hydrogen) atoms. The van der Waals surface area contributed by atoms with Crippen LogP contribution in [0.3, 0.4) is 0 Å². The van der Waals surface area contributed by atoms with E-state index in [0.717, 1.165) is 29.7 Å². The molecule has 0 atom stereocenters. The molecule has 5 aromatic rings. The first-order valence-corrected chi connectivity index (χ1v) is 15.2. The lowest BCUT2D eigenvalue weighted by molar-refractivity contribution is -0.125. The maximum absolute atomic E-state index is 14.0. The molecule has 1 aliphatic rings. The third-order valence-corrected chi connectivity index (χ3v) is 8.11. The van der Waals surface area contributed by atoms with E-state index in [-0.39, 0.29) is 37.4 Å². The van der Waals surface area contributed by atoms with E-state index in [4.69, 9.17) is 10.5 Å². The van der Waals surface area contributed by atoms with E-state index in [1.165, 1.54) is 28.3 Å². The van der Waals surface area contributed by atoms with Crippen molar-refractivity contribution in [1.82, 2.24) is 5.32 Å². The number of hydrogen-bond acceptors (Lipinski definition) is 4. The molecule has 0 spiro atoms. The highest BCUT2D eigenvalue weighted by molar-refractivity contribution is 5.96. The summed E-state index contributed by atoms with van der Waals surface area (Å²) in [6.45, 7) is 0.288. The van der Waals surface area contributed by atoms with Gasteiger partial charge in [-0.05, 0) is 76.2 Å². The average molecular weight is 618 g/mol. The molecule has 0 unspecified atom stereocenters. The van der Waals surface area contributed by atoms with Crippen LogP contribution in [0.5, 0.6) is 11.5 Å². The minimum Gasteiger partial charge on any atom is -0.455 e. The van der Waals surface area contributed by atoms with E-state index in [1.807, 2.05) is 60.7 Å². The summed E-state index contributed by atoms with van der Waals surface area (Å²) >= 11 is 0. The van der Waals surface area contributed by atoms with Crippen LogP contribution < -0.4 is 20.7 Å². The first kappa shape index (κ1) is 30.7. The molecule has 0 bridgehead atoms. The highest BCUT2D eigenvalue weighted by atomic mass is 19.1. The van der Waals surface area contributed by atoms with Crippen LogP contribution in [-0.2, 0) is 35.6 Å². The van der Waals surface area contributed by atoms with Gasteiger partial charge in [0.1, 0.15) is 17.4 Å². The predicted octanol–water partition coefficient (Wildman–Crippen LogP) is 7.42. The van der Waals surface area contributed by atoms with Crippen molar-refractivity contribution in [1.29, 1.82) is 0 Å². The summed E-state index contributed by atoms with van der Waals surface area (Å²) in [7, 11) is 0. The van der Waals surface area contributed by atoms with Gasteiger partial charge in [-0.15, -0.1) is 0 Å². The van der Waals surface area contributed by atoms with Gasteiger partial charge in [0.2, 0.25) is 11.8 Å². The smallest absolute Gasteiger partial charge is 0.227 e. The molecule has 0 aromatic heterocycles. The number of hydrogen-bond donors (Lipinski definition) is 2. The number of rotatable bonds is 11. The van der Waals surface area contributed by atoms with E-state index in [2.05, 4.69) is 29.6 Å². The standard InChI is InChI=1S/C38H33F2N3O3/c39-33-11-6-12-34(40)32(33)23-42-37(44)17-18-38(45)43(24-26-15-16-31-28(19-26)21-27-8-1-2-10-30(27)31)35-13-3-4-14-36(35)46-29-9-5-7-25(20-29)22-41/h1-16,19-20H,17-18,21-24,41H2,(H,42,44). The molecule has 6 nitrogen and oxygen atoms in total. The summed E-state index contributed by atoms with van der Waals surface area (Å²) in [5.74, 6) is -1.23. The molecule has 0 saturated carbocycles. The number of nitrogens with zero attached hydrogens (tertiary/aromatic N) is 1.